The van der Waals surface area contributed by atoms with Crippen LogP contribution in [0.3, 0.4) is 0 Å². The maximum Gasteiger partial charge on any atom is 0.308 e. The molecule has 5 aromatic rings. The molecule has 188 valence electrons. The normalized spacial score (nSPS) is 14.4. The quantitative estimate of drug-likeness (QED) is 0.321. The van der Waals surface area contributed by atoms with Crippen LogP contribution in [0.1, 0.15) is 28.9 Å². The molecule has 13 heteroatoms. The summed E-state index contributed by atoms with van der Waals surface area (Å²) in [5, 5.41) is 21.0. The first-order valence-electron chi connectivity index (χ1n) is 11.1. The first-order chi connectivity index (χ1) is 17.5. The molecule has 1 atom stereocenters. The van der Waals surface area contributed by atoms with Gasteiger partial charge in [-0.2, -0.15) is 4.68 Å². The number of carboxylic acids is 1. The van der Waals surface area contributed by atoms with Crippen molar-refractivity contribution in [3.63, 3.8) is 0 Å². The van der Waals surface area contributed by atoms with Gasteiger partial charge in [-0.15, -0.1) is 28.8 Å². The van der Waals surface area contributed by atoms with E-state index in [1.165, 1.54) is 22.3 Å². The Bertz CT molecular complexity index is 1660. The number of nitrogens with one attached hydrogen (secondary N) is 1. The molecule has 0 saturated heterocycles. The van der Waals surface area contributed by atoms with Gasteiger partial charge in [-0.3, -0.25) is 9.59 Å². The van der Waals surface area contributed by atoms with Crippen LogP contribution >= 0.6 is 35.3 Å². The van der Waals surface area contributed by atoms with Crippen molar-refractivity contribution in [2.45, 2.75) is 25.3 Å². The Labute approximate surface area is 225 Å². The van der Waals surface area contributed by atoms with E-state index in [4.69, 9.17) is 16.7 Å². The van der Waals surface area contributed by atoms with E-state index < -0.39 is 5.97 Å². The standard InChI is InChI=1S/C24H18ClN7O3S.ClH/c25-14-1-4-19(31-12-27-29-30-31)17(9-14)13-7-15-2-5-20(32(15)22(33)8-13)24-26-11-18(28-24)21-6-3-16(36-21)10-23(34)35;/h1,3-4,6-9,11-12,20H,2,5,10H2,(H,26,28)(H,34,35);1H/t20-;/m0./s1. The van der Waals surface area contributed by atoms with Gasteiger partial charge in [0.1, 0.15) is 12.2 Å². The van der Waals surface area contributed by atoms with Crippen molar-refractivity contribution in [3.05, 3.63) is 86.8 Å². The number of carboxylic acid groups (broad SMARTS) is 1. The third-order valence-corrected chi connectivity index (χ3v) is 7.52. The predicted octanol–water partition coefficient (Wildman–Crippen LogP) is 4.18. The summed E-state index contributed by atoms with van der Waals surface area (Å²) < 4.78 is 3.31. The lowest BCUT2D eigenvalue weighted by Crippen LogP contribution is -2.23. The summed E-state index contributed by atoms with van der Waals surface area (Å²) in [4.78, 5) is 33.9. The molecule has 5 heterocycles. The zero-order chi connectivity index (χ0) is 24.8. The molecule has 6 rings (SSSR count). The monoisotopic (exact) mass is 555 g/mol. The molecule has 0 aliphatic carbocycles. The number of H-pyrrole nitrogens is 1. The summed E-state index contributed by atoms with van der Waals surface area (Å²) >= 11 is 7.69. The minimum Gasteiger partial charge on any atom is -0.481 e. The number of pyridine rings is 1. The number of aromatic nitrogens is 7. The van der Waals surface area contributed by atoms with Gasteiger partial charge in [0, 0.05) is 27.2 Å². The largest absolute Gasteiger partial charge is 0.481 e. The van der Waals surface area contributed by atoms with E-state index in [1.54, 1.807) is 29.0 Å². The summed E-state index contributed by atoms with van der Waals surface area (Å²) in [5.74, 6) is -0.165. The first kappa shape index (κ1) is 24.9. The number of aromatic amines is 1. The third kappa shape index (κ3) is 4.68. The second kappa shape index (κ2) is 9.92. The minimum absolute atomic E-state index is 0. The van der Waals surface area contributed by atoms with Crippen LogP contribution in [0, 0.1) is 0 Å². The Morgan fingerprint density at radius 3 is 2.86 bits per heavy atom. The predicted molar refractivity (Wildman–Crippen MR) is 141 cm³/mol. The van der Waals surface area contributed by atoms with Crippen molar-refractivity contribution >= 4 is 41.3 Å². The zero-order valence-corrected chi connectivity index (χ0v) is 21.4. The average Bonchev–Trinajstić information content (AvgIpc) is 3.64. The van der Waals surface area contributed by atoms with E-state index in [0.29, 0.717) is 17.3 Å². The van der Waals surface area contributed by atoms with E-state index in [1.807, 2.05) is 24.3 Å². The van der Waals surface area contributed by atoms with Crippen LogP contribution in [0.25, 0.3) is 27.4 Å². The number of nitrogens with zero attached hydrogens (tertiary/aromatic N) is 6. The van der Waals surface area contributed by atoms with E-state index in [9.17, 15) is 9.59 Å². The van der Waals surface area contributed by atoms with Gasteiger partial charge in [0.15, 0.2) is 0 Å². The fourth-order valence-corrected chi connectivity index (χ4v) is 5.75. The number of aliphatic carboxylic acids is 1. The highest BCUT2D eigenvalue weighted by Gasteiger charge is 2.28. The molecule has 4 aromatic heterocycles. The van der Waals surface area contributed by atoms with Crippen molar-refractivity contribution in [1.82, 2.24) is 34.7 Å². The minimum atomic E-state index is -0.863. The van der Waals surface area contributed by atoms with Gasteiger partial charge in [0.25, 0.3) is 5.56 Å². The number of hydrogen-bond acceptors (Lipinski definition) is 7. The molecule has 0 radical (unpaired) electrons. The second-order valence-corrected chi connectivity index (χ2v) is 10.0. The van der Waals surface area contributed by atoms with Crippen molar-refractivity contribution in [2.24, 2.45) is 0 Å². The van der Waals surface area contributed by atoms with Gasteiger partial charge >= 0.3 is 5.97 Å². The smallest absolute Gasteiger partial charge is 0.308 e. The fourth-order valence-electron chi connectivity index (χ4n) is 4.62. The average molecular weight is 556 g/mol. The first-order valence-corrected chi connectivity index (χ1v) is 12.3. The maximum absolute atomic E-state index is 13.3. The number of tetrazole rings is 1. The molecular formula is C24H19Cl2N7O3S. The van der Waals surface area contributed by atoms with Gasteiger partial charge in [-0.1, -0.05) is 11.6 Å². The summed E-state index contributed by atoms with van der Waals surface area (Å²) in [6, 6.07) is 12.5. The van der Waals surface area contributed by atoms with Crippen molar-refractivity contribution in [1.29, 1.82) is 0 Å². The van der Waals surface area contributed by atoms with Gasteiger partial charge in [-0.25, -0.2) is 4.98 Å². The van der Waals surface area contributed by atoms with Crippen LogP contribution < -0.4 is 5.56 Å². The van der Waals surface area contributed by atoms with Gasteiger partial charge in [0.2, 0.25) is 0 Å². The second-order valence-electron chi connectivity index (χ2n) is 8.43. The Morgan fingerprint density at radius 2 is 2.08 bits per heavy atom. The molecular weight excluding hydrogens is 537 g/mol. The molecule has 0 spiro atoms. The SMILES string of the molecule is Cl.O=C(O)Cc1ccc(-c2cnc([C@@H]3CCc4cc(-c5cc(Cl)ccc5-n5cnnn5)cc(=O)n43)[nH]2)s1. The molecule has 37 heavy (non-hydrogen) atoms. The lowest BCUT2D eigenvalue weighted by Gasteiger charge is -2.15. The highest BCUT2D eigenvalue weighted by atomic mass is 35.5. The van der Waals surface area contributed by atoms with Gasteiger partial charge in [0.05, 0.1) is 34.9 Å². The summed E-state index contributed by atoms with van der Waals surface area (Å²) in [6.45, 7) is 0. The van der Waals surface area contributed by atoms with Crippen molar-refractivity contribution in [3.8, 4) is 27.4 Å². The molecule has 0 unspecified atom stereocenters. The number of rotatable bonds is 6. The highest BCUT2D eigenvalue weighted by molar-refractivity contribution is 7.15. The van der Waals surface area contributed by atoms with E-state index in [0.717, 1.165) is 44.4 Å². The van der Waals surface area contributed by atoms with Crippen molar-refractivity contribution in [2.75, 3.05) is 0 Å². The molecule has 10 nitrogen and oxygen atoms in total. The Balaban J connectivity index is 0.00000280. The Morgan fingerprint density at radius 1 is 1.22 bits per heavy atom. The number of carbonyl (C=O) groups is 1. The number of imidazole rings is 1. The molecule has 0 fully saturated rings. The number of thiophene rings is 1. The third-order valence-electron chi connectivity index (χ3n) is 6.16. The van der Waals surface area contributed by atoms with Crippen LogP contribution in [-0.2, 0) is 17.6 Å². The lowest BCUT2D eigenvalue weighted by atomic mass is 10.0. The summed E-state index contributed by atoms with van der Waals surface area (Å²) in [5.41, 5.74) is 3.79. The lowest BCUT2D eigenvalue weighted by molar-refractivity contribution is -0.136. The van der Waals surface area contributed by atoms with Gasteiger partial charge in [-0.05, 0) is 65.2 Å². The maximum atomic E-state index is 13.3. The Kier molecular flexibility index (Phi) is 6.67. The highest BCUT2D eigenvalue weighted by Crippen LogP contribution is 2.35. The van der Waals surface area contributed by atoms with Crippen LogP contribution in [0.15, 0.2) is 59.8 Å². The summed E-state index contributed by atoms with van der Waals surface area (Å²) in [7, 11) is 0. The number of aryl methyl sites for hydroxylation is 1. The van der Waals surface area contributed by atoms with Gasteiger partial charge < -0.3 is 14.7 Å². The number of fused-ring (bicyclic) bond motifs is 1. The number of hydrogen-bond donors (Lipinski definition) is 2. The van der Waals surface area contributed by atoms with Crippen LogP contribution in [0.4, 0.5) is 0 Å². The summed E-state index contributed by atoms with van der Waals surface area (Å²) in [6.07, 6.45) is 4.66. The zero-order valence-electron chi connectivity index (χ0n) is 19.0. The van der Waals surface area contributed by atoms with E-state index >= 15 is 0 Å². The molecule has 1 aliphatic heterocycles. The molecule has 1 aromatic carbocycles. The Hall–Kier alpha value is -3.80. The van der Waals surface area contributed by atoms with Crippen molar-refractivity contribution < 1.29 is 9.90 Å². The van der Waals surface area contributed by atoms with Crippen LogP contribution in [0.5, 0.6) is 0 Å². The fraction of sp³-hybridized carbons (Fsp3) is 0.167. The molecule has 0 amide bonds. The number of benzene rings is 1. The topological polar surface area (TPSA) is 132 Å². The molecule has 2 N–H and O–H groups in total. The van der Waals surface area contributed by atoms with Crippen LogP contribution in [0.2, 0.25) is 5.02 Å². The number of halogens is 2. The molecule has 0 saturated carbocycles. The van der Waals surface area contributed by atoms with Crippen LogP contribution in [-0.4, -0.2) is 45.8 Å². The van der Waals surface area contributed by atoms with E-state index in [2.05, 4.69) is 25.5 Å². The molecule has 0 bridgehead atoms. The van der Waals surface area contributed by atoms with E-state index in [-0.39, 0.29) is 30.4 Å². The molecule has 1 aliphatic rings.